The largest absolute Gasteiger partial charge is 0.413 e. The molecule has 0 aliphatic rings. The predicted molar refractivity (Wildman–Crippen MR) is 54.5 cm³/mol. The highest BCUT2D eigenvalue weighted by Crippen LogP contribution is 2.05. The molecule has 1 heterocycles. The van der Waals surface area contributed by atoms with Crippen molar-refractivity contribution in [2.24, 2.45) is 5.73 Å². The Bertz CT molecular complexity index is 330. The van der Waals surface area contributed by atoms with Crippen LogP contribution in [-0.2, 0) is 0 Å². The molecule has 3 N–H and O–H groups in total. The summed E-state index contributed by atoms with van der Waals surface area (Å²) in [6.45, 7) is 2.83. The van der Waals surface area contributed by atoms with Crippen molar-refractivity contribution in [1.29, 1.82) is 0 Å². The van der Waals surface area contributed by atoms with Crippen molar-refractivity contribution in [3.05, 3.63) is 18.1 Å². The number of nitrogens with two attached hydrogens (primary N) is 1. The average Bonchev–Trinajstić information content (AvgIpc) is 2.18. The zero-order valence-electron chi connectivity index (χ0n) is 8.56. The van der Waals surface area contributed by atoms with Gasteiger partial charge in [0, 0.05) is 18.3 Å². The summed E-state index contributed by atoms with van der Waals surface area (Å²) in [7, 11) is 0. The summed E-state index contributed by atoms with van der Waals surface area (Å²) in [4.78, 5) is 18.8. The molecule has 1 aromatic heterocycles. The third kappa shape index (κ3) is 4.37. The quantitative estimate of drug-likeness (QED) is 0.694. The molecule has 0 saturated heterocycles. The monoisotopic (exact) mass is 210 g/mol. The van der Waals surface area contributed by atoms with Crippen LogP contribution in [0.25, 0.3) is 0 Å². The third-order valence-electron chi connectivity index (χ3n) is 1.63. The van der Waals surface area contributed by atoms with Gasteiger partial charge in [-0.05, 0) is 19.9 Å². The second-order valence-electron chi connectivity index (χ2n) is 2.96. The molecule has 0 aliphatic carbocycles. The molecule has 82 valence electrons. The van der Waals surface area contributed by atoms with Crippen LogP contribution in [0.1, 0.15) is 12.1 Å². The summed E-state index contributed by atoms with van der Waals surface area (Å²) in [6, 6.07) is 1.59. The Morgan fingerprint density at radius 3 is 3.07 bits per heavy atom. The van der Waals surface area contributed by atoms with Crippen LogP contribution >= 0.6 is 0 Å². The van der Waals surface area contributed by atoms with Crippen molar-refractivity contribution in [2.75, 3.05) is 13.1 Å². The molecule has 15 heavy (non-hydrogen) atoms. The standard InChI is InChI=1S/C9H14N4O2/c1-7-5-8(13-6-12-7)15-9(14)11-4-2-3-10/h5-6H,2-4,10H2,1H3,(H,11,14). The van der Waals surface area contributed by atoms with Gasteiger partial charge in [-0.15, -0.1) is 0 Å². The van der Waals surface area contributed by atoms with Crippen LogP contribution in [0.2, 0.25) is 0 Å². The van der Waals surface area contributed by atoms with E-state index in [2.05, 4.69) is 15.3 Å². The smallest absolute Gasteiger partial charge is 0.391 e. The second kappa shape index (κ2) is 5.92. The maximum absolute atomic E-state index is 11.2. The summed E-state index contributed by atoms with van der Waals surface area (Å²) >= 11 is 0. The van der Waals surface area contributed by atoms with Crippen molar-refractivity contribution in [3.63, 3.8) is 0 Å². The number of nitrogens with one attached hydrogen (secondary N) is 1. The van der Waals surface area contributed by atoms with Gasteiger partial charge in [0.2, 0.25) is 5.88 Å². The number of hydrogen-bond donors (Lipinski definition) is 2. The highest BCUT2D eigenvalue weighted by Gasteiger charge is 2.04. The van der Waals surface area contributed by atoms with Crippen LogP contribution in [-0.4, -0.2) is 29.2 Å². The zero-order chi connectivity index (χ0) is 11.1. The Labute approximate surface area is 87.9 Å². The molecule has 0 aromatic carbocycles. The van der Waals surface area contributed by atoms with Crippen LogP contribution in [0.4, 0.5) is 4.79 Å². The lowest BCUT2D eigenvalue weighted by molar-refractivity contribution is 0.198. The topological polar surface area (TPSA) is 90.1 Å². The molecule has 1 rings (SSSR count). The number of amides is 1. The van der Waals surface area contributed by atoms with Crippen molar-refractivity contribution in [1.82, 2.24) is 15.3 Å². The fourth-order valence-corrected chi connectivity index (χ4v) is 0.909. The van der Waals surface area contributed by atoms with Crippen LogP contribution in [0.5, 0.6) is 5.88 Å². The van der Waals surface area contributed by atoms with E-state index in [1.54, 1.807) is 13.0 Å². The number of nitrogens with zero attached hydrogens (tertiary/aromatic N) is 2. The van der Waals surface area contributed by atoms with Gasteiger partial charge in [-0.1, -0.05) is 0 Å². The van der Waals surface area contributed by atoms with Gasteiger partial charge in [0.1, 0.15) is 6.33 Å². The van der Waals surface area contributed by atoms with E-state index in [1.807, 2.05) is 0 Å². The van der Waals surface area contributed by atoms with E-state index in [-0.39, 0.29) is 5.88 Å². The van der Waals surface area contributed by atoms with Crippen molar-refractivity contribution in [2.45, 2.75) is 13.3 Å². The molecule has 0 atom stereocenters. The number of aromatic nitrogens is 2. The Hall–Kier alpha value is -1.69. The number of ether oxygens (including phenoxy) is 1. The second-order valence-corrected chi connectivity index (χ2v) is 2.96. The Kier molecular flexibility index (Phi) is 4.49. The normalized spacial score (nSPS) is 9.73. The summed E-state index contributed by atoms with van der Waals surface area (Å²) in [5.41, 5.74) is 6.02. The highest BCUT2D eigenvalue weighted by molar-refractivity contribution is 5.69. The molecule has 6 heteroatoms. The number of hydrogen-bond acceptors (Lipinski definition) is 5. The van der Waals surface area contributed by atoms with Gasteiger partial charge < -0.3 is 15.8 Å². The summed E-state index contributed by atoms with van der Waals surface area (Å²) in [5.74, 6) is 0.243. The van der Waals surface area contributed by atoms with Gasteiger partial charge >= 0.3 is 6.09 Å². The van der Waals surface area contributed by atoms with Gasteiger partial charge in [0.05, 0.1) is 0 Å². The molecule has 1 aromatic rings. The zero-order valence-corrected chi connectivity index (χ0v) is 8.56. The lowest BCUT2D eigenvalue weighted by atomic mass is 10.4. The minimum atomic E-state index is -0.526. The van der Waals surface area contributed by atoms with Crippen molar-refractivity contribution >= 4 is 6.09 Å². The molecular weight excluding hydrogens is 196 g/mol. The summed E-state index contributed by atoms with van der Waals surface area (Å²) in [5, 5.41) is 2.55. The Morgan fingerprint density at radius 2 is 2.40 bits per heavy atom. The van der Waals surface area contributed by atoms with Crippen molar-refractivity contribution in [3.8, 4) is 5.88 Å². The maximum Gasteiger partial charge on any atom is 0.413 e. The Morgan fingerprint density at radius 1 is 1.60 bits per heavy atom. The minimum absolute atomic E-state index is 0.243. The number of rotatable bonds is 4. The molecule has 0 bridgehead atoms. The average molecular weight is 210 g/mol. The van der Waals surface area contributed by atoms with E-state index in [0.29, 0.717) is 13.1 Å². The van der Waals surface area contributed by atoms with Gasteiger partial charge in [-0.2, -0.15) is 0 Å². The highest BCUT2D eigenvalue weighted by atomic mass is 16.6. The van der Waals surface area contributed by atoms with E-state index in [1.165, 1.54) is 6.33 Å². The van der Waals surface area contributed by atoms with E-state index in [0.717, 1.165) is 12.1 Å². The molecule has 0 saturated carbocycles. The van der Waals surface area contributed by atoms with E-state index >= 15 is 0 Å². The number of aryl methyl sites for hydroxylation is 1. The molecule has 6 nitrogen and oxygen atoms in total. The van der Waals surface area contributed by atoms with Crippen LogP contribution in [0.3, 0.4) is 0 Å². The number of carbonyl (C=O) groups is 1. The minimum Gasteiger partial charge on any atom is -0.391 e. The third-order valence-corrected chi connectivity index (χ3v) is 1.63. The summed E-state index contributed by atoms with van der Waals surface area (Å²) in [6.07, 6.45) is 1.54. The van der Waals surface area contributed by atoms with Crippen molar-refractivity contribution < 1.29 is 9.53 Å². The molecule has 0 spiro atoms. The Balaban J connectivity index is 2.37. The molecule has 1 amide bonds. The molecule has 0 aliphatic heterocycles. The van der Waals surface area contributed by atoms with Crippen LogP contribution in [0, 0.1) is 6.92 Å². The number of carbonyl (C=O) groups excluding carboxylic acids is 1. The van der Waals surface area contributed by atoms with Gasteiger partial charge in [-0.3, -0.25) is 0 Å². The lowest BCUT2D eigenvalue weighted by Crippen LogP contribution is -2.29. The molecule has 0 fully saturated rings. The molecule has 0 unspecified atom stereocenters. The fraction of sp³-hybridized carbons (Fsp3) is 0.444. The van der Waals surface area contributed by atoms with Gasteiger partial charge in [-0.25, -0.2) is 14.8 Å². The first-order valence-corrected chi connectivity index (χ1v) is 4.67. The maximum atomic E-state index is 11.2. The SMILES string of the molecule is Cc1cc(OC(=O)NCCCN)ncn1. The summed E-state index contributed by atoms with van der Waals surface area (Å²) < 4.78 is 4.90. The molecular formula is C9H14N4O2. The fourth-order valence-electron chi connectivity index (χ4n) is 0.909. The van der Waals surface area contributed by atoms with Crippen LogP contribution < -0.4 is 15.8 Å². The first-order chi connectivity index (χ1) is 7.22. The van der Waals surface area contributed by atoms with E-state index in [4.69, 9.17) is 10.5 Å². The lowest BCUT2D eigenvalue weighted by Gasteiger charge is -2.04. The first kappa shape index (κ1) is 11.4. The van der Waals surface area contributed by atoms with E-state index < -0.39 is 6.09 Å². The van der Waals surface area contributed by atoms with Gasteiger partial charge in [0.25, 0.3) is 0 Å². The predicted octanol–water partition coefficient (Wildman–Crippen LogP) is 0.222. The first-order valence-electron chi connectivity index (χ1n) is 4.67. The van der Waals surface area contributed by atoms with Crippen LogP contribution in [0.15, 0.2) is 12.4 Å². The molecule has 0 radical (unpaired) electrons. The van der Waals surface area contributed by atoms with E-state index in [9.17, 15) is 4.79 Å². The van der Waals surface area contributed by atoms with Gasteiger partial charge in [0.15, 0.2) is 0 Å².